The van der Waals surface area contributed by atoms with E-state index in [4.69, 9.17) is 17.3 Å². The quantitative estimate of drug-likeness (QED) is 0.734. The maximum atomic E-state index is 12.4. The fraction of sp³-hybridized carbons (Fsp3) is 0. The van der Waals surface area contributed by atoms with Crippen molar-refractivity contribution in [2.75, 3.05) is 5.73 Å². The first-order valence-corrected chi connectivity index (χ1v) is 6.34. The van der Waals surface area contributed by atoms with Crippen LogP contribution >= 0.6 is 11.6 Å². The predicted molar refractivity (Wildman–Crippen MR) is 78.8 cm³/mol. The maximum Gasteiger partial charge on any atom is 0.215 e. The third-order valence-electron chi connectivity index (χ3n) is 2.96. The second kappa shape index (κ2) is 4.90. The molecule has 2 aromatic heterocycles. The second-order valence-corrected chi connectivity index (χ2v) is 4.74. The van der Waals surface area contributed by atoms with Gasteiger partial charge in [0.05, 0.1) is 16.1 Å². The Morgan fingerprint density at radius 3 is 2.80 bits per heavy atom. The van der Waals surface area contributed by atoms with E-state index in [0.29, 0.717) is 10.7 Å². The van der Waals surface area contributed by atoms with Crippen molar-refractivity contribution in [3.8, 4) is 0 Å². The van der Waals surface area contributed by atoms with Crippen molar-refractivity contribution in [3.63, 3.8) is 0 Å². The summed E-state index contributed by atoms with van der Waals surface area (Å²) in [5.41, 5.74) is 7.06. The summed E-state index contributed by atoms with van der Waals surface area (Å²) >= 11 is 5.85. The number of aromatic nitrogens is 2. The van der Waals surface area contributed by atoms with Crippen molar-refractivity contribution in [1.29, 1.82) is 0 Å². The lowest BCUT2D eigenvalue weighted by molar-refractivity contribution is 0.103. The Labute approximate surface area is 120 Å². The van der Waals surface area contributed by atoms with E-state index in [1.165, 1.54) is 12.3 Å². The smallest absolute Gasteiger partial charge is 0.215 e. The minimum atomic E-state index is -0.289. The minimum Gasteiger partial charge on any atom is -0.383 e. The van der Waals surface area contributed by atoms with Crippen LogP contribution in [0.3, 0.4) is 0 Å². The van der Waals surface area contributed by atoms with E-state index < -0.39 is 0 Å². The van der Waals surface area contributed by atoms with Gasteiger partial charge in [-0.25, -0.2) is 9.97 Å². The second-order valence-electron chi connectivity index (χ2n) is 4.30. The predicted octanol–water partition coefficient (Wildman–Crippen LogP) is 3.10. The number of pyridine rings is 2. The Balaban J connectivity index is 2.10. The van der Waals surface area contributed by atoms with E-state index in [9.17, 15) is 4.79 Å². The molecule has 0 unspecified atom stereocenters. The van der Waals surface area contributed by atoms with Crippen molar-refractivity contribution in [3.05, 3.63) is 64.9 Å². The molecule has 98 valence electrons. The normalized spacial score (nSPS) is 10.7. The Kier molecular flexibility index (Phi) is 3.08. The standard InChI is InChI=1S/C15H10ClN3O/c16-10-7-11(15(17)18-8-10)14(20)13-6-5-9-3-1-2-4-12(9)19-13/h1-8H,(H2,17,18). The van der Waals surface area contributed by atoms with Gasteiger partial charge in [-0.2, -0.15) is 0 Å². The molecule has 0 saturated carbocycles. The number of hydrogen-bond donors (Lipinski definition) is 1. The van der Waals surface area contributed by atoms with Gasteiger partial charge in [-0.1, -0.05) is 35.9 Å². The number of nitrogens with two attached hydrogens (primary N) is 1. The van der Waals surface area contributed by atoms with Crippen LogP contribution in [0.5, 0.6) is 0 Å². The molecular weight excluding hydrogens is 274 g/mol. The molecule has 3 aromatic rings. The molecule has 20 heavy (non-hydrogen) atoms. The van der Waals surface area contributed by atoms with Crippen LogP contribution in [0.2, 0.25) is 5.02 Å². The summed E-state index contributed by atoms with van der Waals surface area (Å²) in [6.45, 7) is 0. The molecular formula is C15H10ClN3O. The van der Waals surface area contributed by atoms with Gasteiger partial charge in [0.1, 0.15) is 11.5 Å². The zero-order chi connectivity index (χ0) is 14.1. The van der Waals surface area contributed by atoms with Crippen LogP contribution in [0.4, 0.5) is 5.82 Å². The number of halogens is 1. The minimum absolute atomic E-state index is 0.148. The summed E-state index contributed by atoms with van der Waals surface area (Å²) in [5.74, 6) is -0.141. The number of rotatable bonds is 2. The molecule has 0 aliphatic carbocycles. The number of para-hydroxylation sites is 1. The zero-order valence-corrected chi connectivity index (χ0v) is 11.1. The topological polar surface area (TPSA) is 68.9 Å². The number of hydrogen-bond acceptors (Lipinski definition) is 4. The molecule has 2 N–H and O–H groups in total. The highest BCUT2D eigenvalue weighted by Gasteiger charge is 2.15. The van der Waals surface area contributed by atoms with Gasteiger partial charge in [0.15, 0.2) is 0 Å². The van der Waals surface area contributed by atoms with E-state index in [2.05, 4.69) is 9.97 Å². The van der Waals surface area contributed by atoms with Crippen LogP contribution in [-0.4, -0.2) is 15.8 Å². The first kappa shape index (κ1) is 12.6. The Bertz CT molecular complexity index is 817. The number of carbonyl (C=O) groups excluding carboxylic acids is 1. The fourth-order valence-electron chi connectivity index (χ4n) is 1.96. The van der Waals surface area contributed by atoms with Gasteiger partial charge in [0.2, 0.25) is 5.78 Å². The number of nitrogen functional groups attached to an aromatic ring is 1. The lowest BCUT2D eigenvalue weighted by atomic mass is 10.1. The van der Waals surface area contributed by atoms with Crippen LogP contribution in [-0.2, 0) is 0 Å². The Morgan fingerprint density at radius 2 is 1.95 bits per heavy atom. The lowest BCUT2D eigenvalue weighted by Gasteiger charge is -2.05. The molecule has 0 aliphatic heterocycles. The molecule has 0 amide bonds. The van der Waals surface area contributed by atoms with E-state index in [1.807, 2.05) is 30.3 Å². The van der Waals surface area contributed by atoms with Crippen LogP contribution in [0.1, 0.15) is 16.1 Å². The van der Waals surface area contributed by atoms with Crippen molar-refractivity contribution in [2.24, 2.45) is 0 Å². The summed E-state index contributed by atoms with van der Waals surface area (Å²) < 4.78 is 0. The highest BCUT2D eigenvalue weighted by Crippen LogP contribution is 2.19. The molecule has 5 heteroatoms. The molecule has 0 atom stereocenters. The first-order chi connectivity index (χ1) is 9.65. The highest BCUT2D eigenvalue weighted by atomic mass is 35.5. The largest absolute Gasteiger partial charge is 0.383 e. The summed E-state index contributed by atoms with van der Waals surface area (Å²) in [7, 11) is 0. The first-order valence-electron chi connectivity index (χ1n) is 5.96. The fourth-order valence-corrected chi connectivity index (χ4v) is 2.12. The highest BCUT2D eigenvalue weighted by molar-refractivity contribution is 6.31. The number of fused-ring (bicyclic) bond motifs is 1. The van der Waals surface area contributed by atoms with E-state index in [1.54, 1.807) is 6.07 Å². The summed E-state index contributed by atoms with van der Waals surface area (Å²) in [5, 5.41) is 1.34. The van der Waals surface area contributed by atoms with Gasteiger partial charge in [-0.15, -0.1) is 0 Å². The molecule has 0 aliphatic rings. The third kappa shape index (κ3) is 2.21. The lowest BCUT2D eigenvalue weighted by Crippen LogP contribution is -2.08. The summed E-state index contributed by atoms with van der Waals surface area (Å²) in [6, 6.07) is 12.6. The number of ketones is 1. The maximum absolute atomic E-state index is 12.4. The number of nitrogens with zero attached hydrogens (tertiary/aromatic N) is 2. The van der Waals surface area contributed by atoms with Gasteiger partial charge in [0.25, 0.3) is 0 Å². The number of benzene rings is 1. The SMILES string of the molecule is Nc1ncc(Cl)cc1C(=O)c1ccc2ccccc2n1. The summed E-state index contributed by atoms with van der Waals surface area (Å²) in [6.07, 6.45) is 1.40. The van der Waals surface area contributed by atoms with Gasteiger partial charge in [-0.3, -0.25) is 4.79 Å². The molecule has 0 radical (unpaired) electrons. The van der Waals surface area contributed by atoms with Crippen molar-refractivity contribution in [1.82, 2.24) is 9.97 Å². The van der Waals surface area contributed by atoms with Gasteiger partial charge in [0, 0.05) is 11.6 Å². The van der Waals surface area contributed by atoms with Crippen LogP contribution in [0.15, 0.2) is 48.7 Å². The molecule has 1 aromatic carbocycles. The van der Waals surface area contributed by atoms with Crippen LogP contribution < -0.4 is 5.73 Å². The van der Waals surface area contributed by atoms with Crippen molar-refractivity contribution < 1.29 is 4.79 Å². The Morgan fingerprint density at radius 1 is 1.15 bits per heavy atom. The third-order valence-corrected chi connectivity index (χ3v) is 3.17. The van der Waals surface area contributed by atoms with Crippen LogP contribution in [0.25, 0.3) is 10.9 Å². The zero-order valence-electron chi connectivity index (χ0n) is 10.4. The van der Waals surface area contributed by atoms with Crippen molar-refractivity contribution >= 4 is 34.1 Å². The average Bonchev–Trinajstić information content (AvgIpc) is 2.48. The van der Waals surface area contributed by atoms with E-state index in [0.717, 1.165) is 10.9 Å². The summed E-state index contributed by atoms with van der Waals surface area (Å²) in [4.78, 5) is 20.7. The molecule has 0 bridgehead atoms. The molecule has 4 nitrogen and oxygen atoms in total. The molecule has 3 rings (SSSR count). The van der Waals surface area contributed by atoms with Crippen LogP contribution in [0, 0.1) is 0 Å². The van der Waals surface area contributed by atoms with Crippen molar-refractivity contribution in [2.45, 2.75) is 0 Å². The van der Waals surface area contributed by atoms with E-state index in [-0.39, 0.29) is 17.2 Å². The average molecular weight is 284 g/mol. The van der Waals surface area contributed by atoms with E-state index >= 15 is 0 Å². The Hall–Kier alpha value is -2.46. The van der Waals surface area contributed by atoms with Gasteiger partial charge < -0.3 is 5.73 Å². The molecule has 0 fully saturated rings. The molecule has 0 spiro atoms. The molecule has 2 heterocycles. The number of carbonyl (C=O) groups is 1. The monoisotopic (exact) mass is 283 g/mol. The molecule has 0 saturated heterocycles. The van der Waals surface area contributed by atoms with Gasteiger partial charge >= 0.3 is 0 Å². The van der Waals surface area contributed by atoms with Gasteiger partial charge in [-0.05, 0) is 18.2 Å². The number of anilines is 1.